The molecule has 1 N–H and O–H groups in total. The lowest BCUT2D eigenvalue weighted by Gasteiger charge is -2.16. The van der Waals surface area contributed by atoms with Crippen LogP contribution in [0.15, 0.2) is 0 Å². The van der Waals surface area contributed by atoms with Gasteiger partial charge in [-0.15, -0.1) is 0 Å². The average molecular weight is 180 g/mol. The smallest absolute Gasteiger partial charge is 0.231 e. The number of rotatable bonds is 0. The van der Waals surface area contributed by atoms with Crippen molar-refractivity contribution in [1.82, 2.24) is 0 Å². The summed E-state index contributed by atoms with van der Waals surface area (Å²) in [6, 6.07) is 0. The van der Waals surface area contributed by atoms with Crippen molar-refractivity contribution in [3.8, 4) is 0 Å². The topological polar surface area (TPSA) is 54.4 Å². The molecule has 0 aromatic heterocycles. The molecule has 1 aliphatic heterocycles. The van der Waals surface area contributed by atoms with E-state index >= 15 is 0 Å². The van der Waals surface area contributed by atoms with Gasteiger partial charge in [-0.3, -0.25) is 4.79 Å². The van der Waals surface area contributed by atoms with Crippen LogP contribution >= 0.6 is 10.8 Å². The molecule has 0 spiro atoms. The van der Waals surface area contributed by atoms with Crippen molar-refractivity contribution < 1.29 is 14.1 Å². The molecule has 2 unspecified atom stereocenters. The highest BCUT2D eigenvalue weighted by Crippen LogP contribution is 2.36. The highest BCUT2D eigenvalue weighted by atomic mass is 33.1. The van der Waals surface area contributed by atoms with Crippen LogP contribution in [0.1, 0.15) is 13.8 Å². The first kappa shape index (κ1) is 8.23. The van der Waals surface area contributed by atoms with E-state index in [9.17, 15) is 9.00 Å². The highest BCUT2D eigenvalue weighted by Gasteiger charge is 2.47. The second-order valence-electron chi connectivity index (χ2n) is 2.64. The van der Waals surface area contributed by atoms with Crippen molar-refractivity contribution in [1.29, 1.82) is 0 Å². The van der Waals surface area contributed by atoms with Crippen molar-refractivity contribution in [2.45, 2.75) is 24.7 Å². The molecule has 0 radical (unpaired) electrons. The lowest BCUT2D eigenvalue weighted by Crippen LogP contribution is -2.36. The third-order valence-corrected chi connectivity index (χ3v) is 5.33. The second-order valence-corrected chi connectivity index (χ2v) is 6.14. The van der Waals surface area contributed by atoms with Gasteiger partial charge in [0.15, 0.2) is 0 Å². The van der Waals surface area contributed by atoms with E-state index in [0.717, 1.165) is 10.8 Å². The Kier molecular flexibility index (Phi) is 1.91. The minimum absolute atomic E-state index is 0.386. The first-order chi connectivity index (χ1) is 4.46. The highest BCUT2D eigenvalue weighted by molar-refractivity contribution is 8.76. The maximum absolute atomic E-state index is 11.0. The third-order valence-electron chi connectivity index (χ3n) is 1.47. The molecule has 1 saturated heterocycles. The van der Waals surface area contributed by atoms with Crippen molar-refractivity contribution in [3.63, 3.8) is 0 Å². The van der Waals surface area contributed by atoms with Gasteiger partial charge in [0.05, 0.1) is 14.6 Å². The van der Waals surface area contributed by atoms with E-state index in [1.807, 2.05) is 0 Å². The summed E-state index contributed by atoms with van der Waals surface area (Å²) in [4.78, 5) is 10.7. The van der Waals surface area contributed by atoms with Gasteiger partial charge in [0.1, 0.15) is 6.10 Å². The molecule has 0 amide bonds. The molecular formula is C5H8O3S2. The van der Waals surface area contributed by atoms with Crippen molar-refractivity contribution in [3.05, 3.63) is 0 Å². The van der Waals surface area contributed by atoms with E-state index < -0.39 is 20.7 Å². The number of aliphatic hydroxyl groups is 1. The first-order valence-electron chi connectivity index (χ1n) is 2.78. The molecule has 1 fully saturated rings. The van der Waals surface area contributed by atoms with E-state index in [1.165, 1.54) is 0 Å². The minimum atomic E-state index is -1.28. The molecule has 5 heteroatoms. The number of carbonyl (C=O) groups excluding carboxylic acids is 1. The Morgan fingerprint density at radius 1 is 1.70 bits per heavy atom. The SMILES string of the molecule is CC1(C)C(O)C(=O)SS1=O. The van der Waals surface area contributed by atoms with Gasteiger partial charge in [0.2, 0.25) is 5.12 Å². The lowest BCUT2D eigenvalue weighted by molar-refractivity contribution is -0.118. The van der Waals surface area contributed by atoms with Crippen molar-refractivity contribution in [2.75, 3.05) is 0 Å². The summed E-state index contributed by atoms with van der Waals surface area (Å²) in [6.45, 7) is 3.23. The summed E-state index contributed by atoms with van der Waals surface area (Å²) in [5.74, 6) is 0. The Hall–Kier alpha value is 0.130. The zero-order valence-corrected chi connectivity index (χ0v) is 7.29. The van der Waals surface area contributed by atoms with Crippen LogP contribution in [0.4, 0.5) is 0 Å². The van der Waals surface area contributed by atoms with Gasteiger partial charge in [0, 0.05) is 10.8 Å². The normalized spacial score (nSPS) is 38.5. The Morgan fingerprint density at radius 2 is 2.20 bits per heavy atom. The van der Waals surface area contributed by atoms with Crippen LogP contribution in [-0.2, 0) is 14.6 Å². The predicted molar refractivity (Wildman–Crippen MR) is 40.8 cm³/mol. The molecular weight excluding hydrogens is 172 g/mol. The second kappa shape index (κ2) is 2.32. The summed E-state index contributed by atoms with van der Waals surface area (Å²) in [5, 5.41) is 8.75. The minimum Gasteiger partial charge on any atom is -0.383 e. The third kappa shape index (κ3) is 1.02. The fourth-order valence-corrected chi connectivity index (χ4v) is 3.35. The maximum Gasteiger partial charge on any atom is 0.231 e. The number of carbonyl (C=O) groups is 1. The standard InChI is InChI=1S/C5H8O3S2/c1-5(2)3(6)4(7)9-10(5)8/h3,6H,1-2H3. The number of hydrogen-bond donors (Lipinski definition) is 1. The molecule has 2 atom stereocenters. The first-order valence-corrected chi connectivity index (χ1v) is 5.26. The van der Waals surface area contributed by atoms with Crippen LogP contribution in [-0.4, -0.2) is 25.3 Å². The Morgan fingerprint density at radius 3 is 2.30 bits per heavy atom. The van der Waals surface area contributed by atoms with Gasteiger partial charge >= 0.3 is 0 Å². The van der Waals surface area contributed by atoms with Gasteiger partial charge in [-0.1, -0.05) is 0 Å². The number of aliphatic hydroxyl groups excluding tert-OH is 1. The molecule has 1 heterocycles. The fraction of sp³-hybridized carbons (Fsp3) is 0.800. The quantitative estimate of drug-likeness (QED) is 0.536. The molecule has 10 heavy (non-hydrogen) atoms. The van der Waals surface area contributed by atoms with Gasteiger partial charge in [-0.25, -0.2) is 4.21 Å². The van der Waals surface area contributed by atoms with E-state index in [2.05, 4.69) is 0 Å². The zero-order chi connectivity index (χ0) is 7.94. The van der Waals surface area contributed by atoms with Gasteiger partial charge in [-0.05, 0) is 13.8 Å². The average Bonchev–Trinajstić information content (AvgIpc) is 1.97. The Bertz CT molecular complexity index is 199. The molecule has 0 aliphatic carbocycles. The van der Waals surface area contributed by atoms with Crippen molar-refractivity contribution >= 4 is 25.7 Å². The molecule has 1 rings (SSSR count). The van der Waals surface area contributed by atoms with E-state index in [-0.39, 0.29) is 5.12 Å². The monoisotopic (exact) mass is 180 g/mol. The van der Waals surface area contributed by atoms with Gasteiger partial charge in [-0.2, -0.15) is 0 Å². The summed E-state index contributed by atoms with van der Waals surface area (Å²) < 4.78 is 10.2. The van der Waals surface area contributed by atoms with E-state index in [1.54, 1.807) is 13.8 Å². The summed E-state index contributed by atoms with van der Waals surface area (Å²) in [7, 11) is -0.557. The summed E-state index contributed by atoms with van der Waals surface area (Å²) in [5.41, 5.74) is 0. The van der Waals surface area contributed by atoms with E-state index in [0.29, 0.717) is 0 Å². The lowest BCUT2D eigenvalue weighted by atomic mass is 10.1. The van der Waals surface area contributed by atoms with Crippen LogP contribution in [0.2, 0.25) is 0 Å². The molecule has 0 aromatic rings. The number of hydrogen-bond acceptors (Lipinski definition) is 4. The maximum atomic E-state index is 11.0. The van der Waals surface area contributed by atoms with Crippen LogP contribution in [0, 0.1) is 0 Å². The fourth-order valence-electron chi connectivity index (χ4n) is 0.603. The van der Waals surface area contributed by atoms with Gasteiger partial charge in [0.25, 0.3) is 0 Å². The Balaban J connectivity index is 2.96. The molecule has 58 valence electrons. The molecule has 0 aromatic carbocycles. The largest absolute Gasteiger partial charge is 0.383 e. The van der Waals surface area contributed by atoms with Crippen LogP contribution < -0.4 is 0 Å². The van der Waals surface area contributed by atoms with Crippen molar-refractivity contribution in [2.24, 2.45) is 0 Å². The molecule has 0 saturated carbocycles. The summed E-state index contributed by atoms with van der Waals surface area (Å²) >= 11 is 0. The molecule has 1 aliphatic rings. The molecule has 0 bridgehead atoms. The Labute approximate surface area is 65.0 Å². The van der Waals surface area contributed by atoms with Crippen LogP contribution in [0.3, 0.4) is 0 Å². The van der Waals surface area contributed by atoms with Crippen LogP contribution in [0.25, 0.3) is 0 Å². The van der Waals surface area contributed by atoms with E-state index in [4.69, 9.17) is 5.11 Å². The zero-order valence-electron chi connectivity index (χ0n) is 5.66. The molecule has 3 nitrogen and oxygen atoms in total. The van der Waals surface area contributed by atoms with Crippen LogP contribution in [0.5, 0.6) is 0 Å². The van der Waals surface area contributed by atoms with Gasteiger partial charge < -0.3 is 5.11 Å². The predicted octanol–water partition coefficient (Wildman–Crippen LogP) is 0.0630. The summed E-state index contributed by atoms with van der Waals surface area (Å²) in [6.07, 6.45) is -1.07.